The molecule has 11 nitrogen and oxygen atoms in total. The van der Waals surface area contributed by atoms with Gasteiger partial charge in [-0.2, -0.15) is 4.31 Å². The fourth-order valence-electron chi connectivity index (χ4n) is 4.49. The number of nitrogens with one attached hydrogen (secondary N) is 1. The lowest BCUT2D eigenvalue weighted by atomic mass is 9.99. The van der Waals surface area contributed by atoms with E-state index in [9.17, 15) is 23.1 Å². The van der Waals surface area contributed by atoms with Crippen LogP contribution in [0.25, 0.3) is 0 Å². The molecule has 0 spiro atoms. The molecule has 0 radical (unpaired) electrons. The number of likely N-dealkylation sites (N-methyl/N-ethyl adjacent to an activating group) is 1. The Morgan fingerprint density at radius 2 is 2.03 bits per heavy atom. The zero-order valence-electron chi connectivity index (χ0n) is 21.7. The number of amides is 2. The van der Waals surface area contributed by atoms with Gasteiger partial charge in [-0.05, 0) is 45.7 Å². The van der Waals surface area contributed by atoms with E-state index in [1.165, 1.54) is 11.4 Å². The van der Waals surface area contributed by atoms with Gasteiger partial charge >= 0.3 is 0 Å². The molecule has 4 rings (SSSR count). The smallest absolute Gasteiger partial charge is 0.258 e. The molecule has 1 fully saturated rings. The molecule has 2 heterocycles. The molecule has 1 saturated carbocycles. The van der Waals surface area contributed by atoms with E-state index in [4.69, 9.17) is 9.26 Å². The molecule has 37 heavy (non-hydrogen) atoms. The lowest BCUT2D eigenvalue weighted by Gasteiger charge is -2.38. The third-order valence-corrected chi connectivity index (χ3v) is 9.04. The summed E-state index contributed by atoms with van der Waals surface area (Å²) >= 11 is 0. The van der Waals surface area contributed by atoms with Gasteiger partial charge in [0, 0.05) is 25.4 Å². The Bertz CT molecular complexity index is 1270. The van der Waals surface area contributed by atoms with Crippen molar-refractivity contribution in [3.8, 4) is 5.75 Å². The van der Waals surface area contributed by atoms with E-state index in [1.54, 1.807) is 43.9 Å². The van der Waals surface area contributed by atoms with Crippen LogP contribution in [0.5, 0.6) is 5.75 Å². The highest BCUT2D eigenvalue weighted by Gasteiger charge is 2.38. The highest BCUT2D eigenvalue weighted by molar-refractivity contribution is 7.89. The quantitative estimate of drug-likeness (QED) is 0.525. The van der Waals surface area contributed by atoms with Crippen LogP contribution in [0.1, 0.15) is 48.5 Å². The summed E-state index contributed by atoms with van der Waals surface area (Å²) in [5.74, 6) is -0.472. The number of aliphatic hydroxyl groups is 1. The van der Waals surface area contributed by atoms with Gasteiger partial charge in [-0.1, -0.05) is 18.1 Å². The van der Waals surface area contributed by atoms with Gasteiger partial charge in [-0.3, -0.25) is 9.59 Å². The van der Waals surface area contributed by atoms with Crippen LogP contribution < -0.4 is 10.1 Å². The largest absolute Gasteiger partial charge is 0.486 e. The van der Waals surface area contributed by atoms with Crippen molar-refractivity contribution in [1.29, 1.82) is 0 Å². The number of hydrogen-bond acceptors (Lipinski definition) is 8. The Morgan fingerprint density at radius 3 is 2.62 bits per heavy atom. The summed E-state index contributed by atoms with van der Waals surface area (Å²) in [4.78, 5) is 27.7. The molecule has 1 aromatic carbocycles. The van der Waals surface area contributed by atoms with Crippen molar-refractivity contribution in [3.05, 3.63) is 35.2 Å². The molecule has 0 bridgehead atoms. The summed E-state index contributed by atoms with van der Waals surface area (Å²) in [6.07, 6.45) is 0.943. The minimum absolute atomic E-state index is 0.0111. The molecule has 1 aliphatic heterocycles. The highest BCUT2D eigenvalue weighted by atomic mass is 32.2. The van der Waals surface area contributed by atoms with Gasteiger partial charge in [0.1, 0.15) is 16.7 Å². The first-order valence-electron chi connectivity index (χ1n) is 12.4. The topological polar surface area (TPSA) is 142 Å². The first kappa shape index (κ1) is 27.1. The molecule has 2 aliphatic rings. The second kappa shape index (κ2) is 10.4. The minimum Gasteiger partial charge on any atom is -0.486 e. The van der Waals surface area contributed by atoms with Crippen LogP contribution in [-0.2, 0) is 14.8 Å². The van der Waals surface area contributed by atoms with Crippen LogP contribution >= 0.6 is 0 Å². The van der Waals surface area contributed by atoms with Crippen molar-refractivity contribution in [2.24, 2.45) is 11.8 Å². The molecule has 3 atom stereocenters. The zero-order valence-corrected chi connectivity index (χ0v) is 22.5. The molecule has 12 heteroatoms. The maximum absolute atomic E-state index is 13.5. The fraction of sp³-hybridized carbons (Fsp3) is 0.560. The fourth-order valence-corrected chi connectivity index (χ4v) is 5.96. The van der Waals surface area contributed by atoms with Crippen LogP contribution in [-0.4, -0.2) is 78.6 Å². The average Bonchev–Trinajstić information content (AvgIpc) is 3.65. The monoisotopic (exact) mass is 534 g/mol. The number of para-hydroxylation sites is 1. The first-order chi connectivity index (χ1) is 17.4. The Labute approximate surface area is 216 Å². The number of ether oxygens (including phenoxy) is 1. The number of benzene rings is 1. The Kier molecular flexibility index (Phi) is 7.63. The number of anilines is 1. The second-order valence-electron chi connectivity index (χ2n) is 10.0. The molecule has 0 saturated heterocycles. The highest BCUT2D eigenvalue weighted by Crippen LogP contribution is 2.37. The molecular formula is C25H34N4O7S. The van der Waals surface area contributed by atoms with Crippen molar-refractivity contribution >= 4 is 27.5 Å². The number of aromatic nitrogens is 1. The first-order valence-corrected chi connectivity index (χ1v) is 13.8. The molecular weight excluding hydrogens is 500 g/mol. The SMILES string of the molecule is Cc1noc(C)c1S(=O)(=O)N(C)C[C@H]1Oc2c(NC(=O)C3CC3)cccc2C(=O)N([C@H](C)CO)C[C@H]1C. The molecule has 1 aromatic heterocycles. The summed E-state index contributed by atoms with van der Waals surface area (Å²) in [5.41, 5.74) is 0.858. The number of nitrogens with zero attached hydrogens (tertiary/aromatic N) is 3. The van der Waals surface area contributed by atoms with Crippen LogP contribution in [0, 0.1) is 25.7 Å². The molecule has 2 aromatic rings. The summed E-state index contributed by atoms with van der Waals surface area (Å²) in [7, 11) is -2.49. The lowest BCUT2D eigenvalue weighted by molar-refractivity contribution is -0.117. The summed E-state index contributed by atoms with van der Waals surface area (Å²) in [5, 5.41) is 16.5. The van der Waals surface area contributed by atoms with Crippen LogP contribution in [0.3, 0.4) is 0 Å². The number of fused-ring (bicyclic) bond motifs is 1. The predicted molar refractivity (Wildman–Crippen MR) is 135 cm³/mol. The van der Waals surface area contributed by atoms with E-state index >= 15 is 0 Å². The van der Waals surface area contributed by atoms with Crippen LogP contribution in [0.4, 0.5) is 5.69 Å². The number of carbonyl (C=O) groups excluding carboxylic acids is 2. The third-order valence-electron chi connectivity index (χ3n) is 6.97. The van der Waals surface area contributed by atoms with Crippen molar-refractivity contribution in [1.82, 2.24) is 14.4 Å². The second-order valence-corrected chi connectivity index (χ2v) is 12.0. The Morgan fingerprint density at radius 1 is 1.32 bits per heavy atom. The molecule has 0 unspecified atom stereocenters. The van der Waals surface area contributed by atoms with E-state index < -0.39 is 22.2 Å². The molecule has 1 aliphatic carbocycles. The maximum atomic E-state index is 13.5. The predicted octanol–water partition coefficient (Wildman–Crippen LogP) is 2.18. The van der Waals surface area contributed by atoms with Crippen molar-refractivity contribution in [2.45, 2.75) is 57.6 Å². The number of rotatable bonds is 8. The van der Waals surface area contributed by atoms with Gasteiger partial charge in [-0.15, -0.1) is 0 Å². The normalized spacial score (nSPS) is 21.2. The van der Waals surface area contributed by atoms with Gasteiger partial charge in [0.15, 0.2) is 11.5 Å². The summed E-state index contributed by atoms with van der Waals surface area (Å²) < 4.78 is 39.4. The van der Waals surface area contributed by atoms with Gasteiger partial charge in [0.05, 0.1) is 30.4 Å². The molecule has 2 amide bonds. The number of sulfonamides is 1. The van der Waals surface area contributed by atoms with Gasteiger partial charge < -0.3 is 24.6 Å². The number of aryl methyl sites for hydroxylation is 2. The van der Waals surface area contributed by atoms with Gasteiger partial charge in [0.2, 0.25) is 15.9 Å². The number of carbonyl (C=O) groups is 2. The summed E-state index contributed by atoms with van der Waals surface area (Å²) in [6.45, 7) is 6.68. The average molecular weight is 535 g/mol. The Balaban J connectivity index is 1.72. The van der Waals surface area contributed by atoms with Crippen LogP contribution in [0.15, 0.2) is 27.6 Å². The van der Waals surface area contributed by atoms with Crippen LogP contribution in [0.2, 0.25) is 0 Å². The Hall–Kier alpha value is -2.96. The van der Waals surface area contributed by atoms with E-state index in [0.29, 0.717) is 5.69 Å². The van der Waals surface area contributed by atoms with Crippen molar-refractivity contribution in [3.63, 3.8) is 0 Å². The third kappa shape index (κ3) is 5.36. The van der Waals surface area contributed by atoms with Gasteiger partial charge in [0.25, 0.3) is 5.91 Å². The molecule has 2 N–H and O–H groups in total. The van der Waals surface area contributed by atoms with Crippen molar-refractivity contribution in [2.75, 3.05) is 32.1 Å². The minimum atomic E-state index is -3.95. The number of hydrogen-bond donors (Lipinski definition) is 2. The van der Waals surface area contributed by atoms with Crippen molar-refractivity contribution < 1.29 is 32.4 Å². The number of aliphatic hydroxyl groups excluding tert-OH is 1. The van der Waals surface area contributed by atoms with Gasteiger partial charge in [-0.25, -0.2) is 8.42 Å². The van der Waals surface area contributed by atoms with E-state index in [0.717, 1.165) is 12.8 Å². The molecule has 202 valence electrons. The maximum Gasteiger partial charge on any atom is 0.258 e. The van der Waals surface area contributed by atoms with E-state index in [1.807, 2.05) is 6.92 Å². The standard InChI is InChI=1S/C25H34N4O7S/c1-14-11-29(15(2)13-30)25(32)19-7-6-8-20(26-24(31)18-9-10-18)22(19)35-21(14)12-28(5)37(33,34)23-16(3)27-36-17(23)4/h6-8,14-15,18,21,30H,9-13H2,1-5H3,(H,26,31)/t14-,15-,21-/m1/s1. The van der Waals surface area contributed by atoms with E-state index in [-0.39, 0.29) is 71.0 Å². The zero-order chi connectivity index (χ0) is 27.1. The lowest BCUT2D eigenvalue weighted by Crippen LogP contribution is -2.50. The summed E-state index contributed by atoms with van der Waals surface area (Å²) in [6, 6.07) is 4.46. The van der Waals surface area contributed by atoms with E-state index in [2.05, 4.69) is 10.5 Å².